The highest BCUT2D eigenvalue weighted by Gasteiger charge is 2.39. The van der Waals surface area contributed by atoms with Gasteiger partial charge in [-0.1, -0.05) is 19.9 Å². The lowest BCUT2D eigenvalue weighted by Gasteiger charge is -2.32. The third-order valence-electron chi connectivity index (χ3n) is 6.67. The summed E-state index contributed by atoms with van der Waals surface area (Å²) in [5, 5.41) is 11.4. The van der Waals surface area contributed by atoms with Crippen LogP contribution in [0.2, 0.25) is 0 Å². The van der Waals surface area contributed by atoms with Crippen LogP contribution in [0.3, 0.4) is 0 Å². The lowest BCUT2D eigenvalue weighted by Crippen LogP contribution is -2.38. The monoisotopic (exact) mass is 511 g/mol. The molecule has 7 nitrogen and oxygen atoms in total. The average Bonchev–Trinajstić information content (AvgIpc) is 3.19. The lowest BCUT2D eigenvalue weighted by atomic mass is 9.88. The van der Waals surface area contributed by atoms with Crippen molar-refractivity contribution in [1.29, 1.82) is 5.26 Å². The number of nitrogens with zero attached hydrogens (tertiary/aromatic N) is 4. The summed E-state index contributed by atoms with van der Waals surface area (Å²) in [5.41, 5.74) is -0.415. The number of pyridine rings is 1. The van der Waals surface area contributed by atoms with Crippen molar-refractivity contribution >= 4 is 28.5 Å². The summed E-state index contributed by atoms with van der Waals surface area (Å²) in [5.74, 6) is -0.652. The van der Waals surface area contributed by atoms with E-state index in [-0.39, 0.29) is 39.9 Å². The van der Waals surface area contributed by atoms with E-state index in [2.05, 4.69) is 10.3 Å². The van der Waals surface area contributed by atoms with E-state index in [0.29, 0.717) is 37.9 Å². The Balaban J connectivity index is 1.70. The Morgan fingerprint density at radius 1 is 1.24 bits per heavy atom. The zero-order valence-corrected chi connectivity index (χ0v) is 20.9. The van der Waals surface area contributed by atoms with Gasteiger partial charge in [-0.25, -0.2) is 4.98 Å². The van der Waals surface area contributed by atoms with Crippen molar-refractivity contribution in [2.24, 2.45) is 13.0 Å². The zero-order valence-electron chi connectivity index (χ0n) is 20.9. The Bertz CT molecular complexity index is 1380. The number of amides is 2. The van der Waals surface area contributed by atoms with E-state index in [0.717, 1.165) is 6.20 Å². The largest absolute Gasteiger partial charge is 0.419 e. The van der Waals surface area contributed by atoms with Gasteiger partial charge in [0.1, 0.15) is 5.65 Å². The molecule has 0 radical (unpaired) electrons. The highest BCUT2D eigenvalue weighted by atomic mass is 19.4. The van der Waals surface area contributed by atoms with Crippen LogP contribution >= 0.6 is 0 Å². The molecule has 0 atom stereocenters. The van der Waals surface area contributed by atoms with E-state index in [1.54, 1.807) is 22.7 Å². The lowest BCUT2D eigenvalue weighted by molar-refractivity contribution is -0.135. The van der Waals surface area contributed by atoms with Crippen molar-refractivity contribution in [2.45, 2.75) is 45.2 Å². The van der Waals surface area contributed by atoms with Gasteiger partial charge in [0, 0.05) is 43.7 Å². The number of hydrogen-bond acceptors (Lipinski definition) is 4. The molecule has 0 bridgehead atoms. The number of aromatic nitrogens is 2. The van der Waals surface area contributed by atoms with Gasteiger partial charge in [0.25, 0.3) is 5.91 Å². The average molecular weight is 512 g/mol. The third kappa shape index (κ3) is 5.45. The fourth-order valence-corrected chi connectivity index (χ4v) is 4.92. The number of nitriles is 1. The van der Waals surface area contributed by atoms with Crippen LogP contribution < -0.4 is 5.32 Å². The number of rotatable bonds is 5. The Morgan fingerprint density at radius 3 is 2.57 bits per heavy atom. The number of anilines is 1. The molecular weight excluding hydrogens is 483 g/mol. The molecule has 2 aromatic heterocycles. The molecule has 1 aliphatic rings. The van der Waals surface area contributed by atoms with Gasteiger partial charge in [-0.05, 0) is 48.4 Å². The molecule has 37 heavy (non-hydrogen) atoms. The van der Waals surface area contributed by atoms with E-state index in [4.69, 9.17) is 5.26 Å². The summed E-state index contributed by atoms with van der Waals surface area (Å²) in [6.07, 6.45) is -0.543. The number of likely N-dealkylation sites (tertiary alicyclic amines) is 1. The number of nitrogens with one attached hydrogen (secondary N) is 1. The quantitative estimate of drug-likeness (QED) is 0.492. The molecule has 3 heterocycles. The first-order chi connectivity index (χ1) is 17.5. The molecule has 0 saturated carbocycles. The molecular formula is C27H28F3N5O2. The summed E-state index contributed by atoms with van der Waals surface area (Å²) in [7, 11) is 1.64. The van der Waals surface area contributed by atoms with E-state index in [1.165, 1.54) is 24.3 Å². The first kappa shape index (κ1) is 26.2. The summed E-state index contributed by atoms with van der Waals surface area (Å²) in [6.45, 7) is 4.91. The molecule has 1 aromatic carbocycles. The summed E-state index contributed by atoms with van der Waals surface area (Å²) >= 11 is 0. The minimum absolute atomic E-state index is 0.0365. The summed E-state index contributed by atoms with van der Waals surface area (Å²) < 4.78 is 45.1. The van der Waals surface area contributed by atoms with Crippen LogP contribution in [0.15, 0.2) is 36.7 Å². The maximum atomic E-state index is 14.5. The van der Waals surface area contributed by atoms with Gasteiger partial charge in [0.05, 0.1) is 29.1 Å². The highest BCUT2D eigenvalue weighted by Crippen LogP contribution is 2.44. The van der Waals surface area contributed by atoms with E-state index >= 15 is 0 Å². The molecule has 2 amide bonds. The van der Waals surface area contributed by atoms with Crippen LogP contribution in [0.1, 0.15) is 66.1 Å². The molecule has 0 aliphatic carbocycles. The standard InChI is InChI=1S/C27H28F3N5O2/c1-16(2)11-22(36)35-9-7-18(8-10-35)20-15-34(3)25-23(20)24(27(28,29)30)21(14-32-25)33-26(37)19-6-4-5-17(12-19)13-31/h4-6,12,14-16,18H,7-11H2,1-3H3,(H,33,37). The number of hydrogen-bond donors (Lipinski definition) is 1. The van der Waals surface area contributed by atoms with Crippen molar-refractivity contribution in [2.75, 3.05) is 18.4 Å². The van der Waals surface area contributed by atoms with Crippen LogP contribution in [-0.2, 0) is 18.0 Å². The minimum Gasteiger partial charge on any atom is -0.343 e. The Hall–Kier alpha value is -3.87. The summed E-state index contributed by atoms with van der Waals surface area (Å²) in [6, 6.07) is 7.65. The minimum atomic E-state index is -4.76. The normalized spacial score (nSPS) is 14.7. The highest BCUT2D eigenvalue weighted by molar-refractivity contribution is 6.06. The number of carbonyl (C=O) groups is 2. The van der Waals surface area contributed by atoms with Gasteiger partial charge in [-0.3, -0.25) is 9.59 Å². The topological polar surface area (TPSA) is 91.0 Å². The Morgan fingerprint density at radius 2 is 1.95 bits per heavy atom. The second-order valence-electron chi connectivity index (χ2n) is 9.84. The smallest absolute Gasteiger partial charge is 0.343 e. The first-order valence-electron chi connectivity index (χ1n) is 12.1. The van der Waals surface area contributed by atoms with Gasteiger partial charge in [-0.15, -0.1) is 0 Å². The SMILES string of the molecule is CC(C)CC(=O)N1CCC(c2cn(C)c3ncc(NC(=O)c4cccc(C#N)c4)c(C(F)(F)F)c23)CC1. The van der Waals surface area contributed by atoms with Crippen molar-refractivity contribution in [3.05, 3.63) is 58.9 Å². The number of aryl methyl sites for hydroxylation is 1. The van der Waals surface area contributed by atoms with Gasteiger partial charge in [-0.2, -0.15) is 18.4 Å². The fraction of sp³-hybridized carbons (Fsp3) is 0.407. The van der Waals surface area contributed by atoms with Gasteiger partial charge in [0.15, 0.2) is 0 Å². The van der Waals surface area contributed by atoms with Gasteiger partial charge in [0.2, 0.25) is 5.91 Å². The molecule has 1 N–H and O–H groups in total. The second-order valence-corrected chi connectivity index (χ2v) is 9.84. The van der Waals surface area contributed by atoms with Gasteiger partial charge < -0.3 is 14.8 Å². The number of halogens is 3. The van der Waals surface area contributed by atoms with Crippen molar-refractivity contribution in [3.63, 3.8) is 0 Å². The van der Waals surface area contributed by atoms with Crippen molar-refractivity contribution < 1.29 is 22.8 Å². The molecule has 194 valence electrons. The van der Waals surface area contributed by atoms with Crippen LogP contribution in [0.25, 0.3) is 11.0 Å². The fourth-order valence-electron chi connectivity index (χ4n) is 4.92. The number of benzene rings is 1. The van der Waals surface area contributed by atoms with Crippen LogP contribution in [-0.4, -0.2) is 39.4 Å². The summed E-state index contributed by atoms with van der Waals surface area (Å²) in [4.78, 5) is 31.3. The number of carbonyl (C=O) groups excluding carboxylic acids is 2. The Kier molecular flexibility index (Phi) is 7.25. The molecule has 3 aromatic rings. The second kappa shape index (κ2) is 10.2. The third-order valence-corrected chi connectivity index (χ3v) is 6.67. The van der Waals surface area contributed by atoms with Crippen LogP contribution in [0.5, 0.6) is 0 Å². The van der Waals surface area contributed by atoms with E-state index < -0.39 is 23.3 Å². The molecule has 1 saturated heterocycles. The van der Waals surface area contributed by atoms with Gasteiger partial charge >= 0.3 is 6.18 Å². The van der Waals surface area contributed by atoms with Crippen molar-refractivity contribution in [3.8, 4) is 6.07 Å². The maximum absolute atomic E-state index is 14.5. The number of piperidine rings is 1. The Labute approximate surface area is 212 Å². The van der Waals surface area contributed by atoms with Crippen LogP contribution in [0.4, 0.5) is 18.9 Å². The van der Waals surface area contributed by atoms with Crippen molar-refractivity contribution in [1.82, 2.24) is 14.5 Å². The van der Waals surface area contributed by atoms with Crippen LogP contribution in [0, 0.1) is 17.2 Å². The molecule has 0 spiro atoms. The first-order valence-corrected chi connectivity index (χ1v) is 12.1. The molecule has 10 heteroatoms. The van der Waals surface area contributed by atoms with E-state index in [9.17, 15) is 22.8 Å². The predicted octanol–water partition coefficient (Wildman–Crippen LogP) is 5.47. The number of fused-ring (bicyclic) bond motifs is 1. The maximum Gasteiger partial charge on any atom is 0.419 e. The zero-order chi connectivity index (χ0) is 26.9. The van der Waals surface area contributed by atoms with E-state index in [1.807, 2.05) is 19.9 Å². The molecule has 1 fully saturated rings. The number of alkyl halides is 3. The predicted molar refractivity (Wildman–Crippen MR) is 133 cm³/mol. The molecule has 4 rings (SSSR count). The molecule has 0 unspecified atom stereocenters. The molecule has 1 aliphatic heterocycles.